The van der Waals surface area contributed by atoms with Crippen molar-refractivity contribution in [2.45, 2.75) is 32.5 Å². The number of benzene rings is 1. The molecule has 0 amide bonds. The molecule has 1 N–H and O–H groups in total. The summed E-state index contributed by atoms with van der Waals surface area (Å²) in [5.41, 5.74) is 0.876. The fourth-order valence-electron chi connectivity index (χ4n) is 3.73. The summed E-state index contributed by atoms with van der Waals surface area (Å²) in [5.74, 6) is 3.04. The van der Waals surface area contributed by atoms with Gasteiger partial charge in [-0.15, -0.1) is 0 Å². The van der Waals surface area contributed by atoms with Gasteiger partial charge in [-0.05, 0) is 49.7 Å². The van der Waals surface area contributed by atoms with Crippen LogP contribution in [0.15, 0.2) is 45.3 Å². The Balaban J connectivity index is 1.38. The molecular formula is C21H25ClN4O3. The Kier molecular flexibility index (Phi) is 6.30. The SMILES string of the molecule is Cc1ccc(CN2CCN(Cc3nc(-c4ccc(Cl)cc4)no3)C[C@@H]2CCO)o1. The third-order valence-corrected chi connectivity index (χ3v) is 5.49. The van der Waals surface area contributed by atoms with Crippen LogP contribution in [0.25, 0.3) is 11.4 Å². The van der Waals surface area contributed by atoms with Crippen molar-refractivity contribution in [2.24, 2.45) is 0 Å². The molecule has 1 aliphatic rings. The van der Waals surface area contributed by atoms with E-state index in [9.17, 15) is 5.11 Å². The maximum atomic E-state index is 9.51. The minimum atomic E-state index is 0.160. The molecule has 1 aliphatic heterocycles. The number of piperazine rings is 1. The van der Waals surface area contributed by atoms with Crippen LogP contribution < -0.4 is 0 Å². The Morgan fingerprint density at radius 2 is 1.97 bits per heavy atom. The van der Waals surface area contributed by atoms with E-state index in [4.69, 9.17) is 20.5 Å². The number of furan rings is 1. The molecule has 1 saturated heterocycles. The number of rotatable bonds is 7. The van der Waals surface area contributed by atoms with Gasteiger partial charge >= 0.3 is 0 Å². The van der Waals surface area contributed by atoms with Crippen LogP contribution in [0.1, 0.15) is 23.8 Å². The molecule has 1 atom stereocenters. The van der Waals surface area contributed by atoms with Gasteiger partial charge in [0.15, 0.2) is 0 Å². The van der Waals surface area contributed by atoms with Gasteiger partial charge in [0.2, 0.25) is 11.7 Å². The van der Waals surface area contributed by atoms with Gasteiger partial charge in [0.25, 0.3) is 0 Å². The Bertz CT molecular complexity index is 924. The van der Waals surface area contributed by atoms with Gasteiger partial charge in [-0.2, -0.15) is 4.98 Å². The molecule has 1 fully saturated rings. The highest BCUT2D eigenvalue weighted by Gasteiger charge is 2.28. The minimum absolute atomic E-state index is 0.160. The van der Waals surface area contributed by atoms with Crippen molar-refractivity contribution in [3.8, 4) is 11.4 Å². The number of hydrogen-bond donors (Lipinski definition) is 1. The quantitative estimate of drug-likeness (QED) is 0.632. The van der Waals surface area contributed by atoms with Crippen molar-refractivity contribution in [1.82, 2.24) is 19.9 Å². The summed E-state index contributed by atoms with van der Waals surface area (Å²) in [6.07, 6.45) is 0.718. The molecule has 0 radical (unpaired) electrons. The molecule has 0 aliphatic carbocycles. The van der Waals surface area contributed by atoms with E-state index in [2.05, 4.69) is 19.9 Å². The molecule has 2 aromatic heterocycles. The van der Waals surface area contributed by atoms with Crippen molar-refractivity contribution < 1.29 is 14.0 Å². The standard InChI is InChI=1S/C21H25ClN4O3/c1-15-2-7-19(28-15)13-26-10-9-25(12-18(26)8-11-27)14-20-23-21(24-29-20)16-3-5-17(22)6-4-16/h2-7,18,27H,8-14H2,1H3/t18-/m0/s1. The number of aliphatic hydroxyl groups excluding tert-OH is 1. The molecule has 3 heterocycles. The van der Waals surface area contributed by atoms with Gasteiger partial charge in [-0.1, -0.05) is 16.8 Å². The number of aliphatic hydroxyl groups is 1. The van der Waals surface area contributed by atoms with Crippen LogP contribution in [0.5, 0.6) is 0 Å². The van der Waals surface area contributed by atoms with Gasteiger partial charge in [0.1, 0.15) is 11.5 Å². The lowest BCUT2D eigenvalue weighted by molar-refractivity contribution is 0.0408. The second kappa shape index (κ2) is 9.09. The third-order valence-electron chi connectivity index (χ3n) is 5.24. The first-order chi connectivity index (χ1) is 14.1. The molecule has 154 valence electrons. The topological polar surface area (TPSA) is 78.8 Å². The average Bonchev–Trinajstić information content (AvgIpc) is 3.34. The van der Waals surface area contributed by atoms with Crippen LogP contribution in [-0.4, -0.2) is 57.3 Å². The van der Waals surface area contributed by atoms with Gasteiger partial charge in [0.05, 0.1) is 13.1 Å². The number of aryl methyl sites for hydroxylation is 1. The molecule has 0 unspecified atom stereocenters. The molecule has 8 heteroatoms. The Morgan fingerprint density at radius 1 is 1.14 bits per heavy atom. The molecule has 0 saturated carbocycles. The number of nitrogens with zero attached hydrogens (tertiary/aromatic N) is 4. The first kappa shape index (κ1) is 20.1. The zero-order chi connectivity index (χ0) is 20.2. The zero-order valence-electron chi connectivity index (χ0n) is 16.4. The maximum Gasteiger partial charge on any atom is 0.241 e. The molecule has 3 aromatic rings. The fourth-order valence-corrected chi connectivity index (χ4v) is 3.85. The van der Waals surface area contributed by atoms with Gasteiger partial charge < -0.3 is 14.0 Å². The largest absolute Gasteiger partial charge is 0.465 e. The second-order valence-electron chi connectivity index (χ2n) is 7.40. The van der Waals surface area contributed by atoms with Crippen molar-refractivity contribution in [1.29, 1.82) is 0 Å². The summed E-state index contributed by atoms with van der Waals surface area (Å²) < 4.78 is 11.2. The normalized spacial score (nSPS) is 18.4. The summed E-state index contributed by atoms with van der Waals surface area (Å²) in [6, 6.07) is 11.6. The van der Waals surface area contributed by atoms with Crippen LogP contribution in [0.2, 0.25) is 5.02 Å². The van der Waals surface area contributed by atoms with Crippen LogP contribution in [-0.2, 0) is 13.1 Å². The van der Waals surface area contributed by atoms with E-state index in [1.54, 1.807) is 0 Å². The highest BCUT2D eigenvalue weighted by atomic mass is 35.5. The van der Waals surface area contributed by atoms with E-state index in [0.29, 0.717) is 23.3 Å². The summed E-state index contributed by atoms with van der Waals surface area (Å²) in [5, 5.41) is 14.3. The van der Waals surface area contributed by atoms with Crippen molar-refractivity contribution >= 4 is 11.6 Å². The first-order valence-electron chi connectivity index (χ1n) is 9.82. The van der Waals surface area contributed by atoms with Crippen LogP contribution in [0.4, 0.5) is 0 Å². The van der Waals surface area contributed by atoms with Crippen LogP contribution in [0.3, 0.4) is 0 Å². The maximum absolute atomic E-state index is 9.51. The predicted molar refractivity (Wildman–Crippen MR) is 109 cm³/mol. The predicted octanol–water partition coefficient (Wildman–Crippen LogP) is 3.36. The van der Waals surface area contributed by atoms with Gasteiger partial charge in [-0.3, -0.25) is 9.80 Å². The molecular weight excluding hydrogens is 392 g/mol. The summed E-state index contributed by atoms with van der Waals surface area (Å²) in [6.45, 7) is 6.08. The van der Waals surface area contributed by atoms with E-state index in [1.165, 1.54) is 0 Å². The summed E-state index contributed by atoms with van der Waals surface area (Å²) in [7, 11) is 0. The van der Waals surface area contributed by atoms with E-state index < -0.39 is 0 Å². The van der Waals surface area contributed by atoms with E-state index in [-0.39, 0.29) is 12.6 Å². The molecule has 1 aromatic carbocycles. The van der Waals surface area contributed by atoms with Crippen molar-refractivity contribution in [2.75, 3.05) is 26.2 Å². The highest BCUT2D eigenvalue weighted by molar-refractivity contribution is 6.30. The second-order valence-corrected chi connectivity index (χ2v) is 7.84. The lowest BCUT2D eigenvalue weighted by Gasteiger charge is -2.40. The summed E-state index contributed by atoms with van der Waals surface area (Å²) in [4.78, 5) is 9.19. The number of aromatic nitrogens is 2. The molecule has 4 rings (SSSR count). The zero-order valence-corrected chi connectivity index (χ0v) is 17.2. The molecule has 0 bridgehead atoms. The minimum Gasteiger partial charge on any atom is -0.465 e. The van der Waals surface area contributed by atoms with Crippen molar-refractivity contribution in [3.05, 3.63) is 58.8 Å². The molecule has 0 spiro atoms. The lowest BCUT2D eigenvalue weighted by atomic mass is 10.1. The Morgan fingerprint density at radius 3 is 2.69 bits per heavy atom. The highest BCUT2D eigenvalue weighted by Crippen LogP contribution is 2.21. The Hall–Kier alpha value is -2.19. The number of hydrogen-bond acceptors (Lipinski definition) is 7. The monoisotopic (exact) mass is 416 g/mol. The molecule has 29 heavy (non-hydrogen) atoms. The average molecular weight is 417 g/mol. The Labute approximate surface area is 174 Å². The third kappa shape index (κ3) is 5.05. The smallest absolute Gasteiger partial charge is 0.241 e. The van der Waals surface area contributed by atoms with Crippen molar-refractivity contribution in [3.63, 3.8) is 0 Å². The first-order valence-corrected chi connectivity index (χ1v) is 10.2. The van der Waals surface area contributed by atoms with E-state index >= 15 is 0 Å². The number of halogens is 1. The molecule has 7 nitrogen and oxygen atoms in total. The lowest BCUT2D eigenvalue weighted by Crippen LogP contribution is -2.52. The van der Waals surface area contributed by atoms with Crippen LogP contribution >= 0.6 is 11.6 Å². The fraction of sp³-hybridized carbons (Fsp3) is 0.429. The van der Waals surface area contributed by atoms with Gasteiger partial charge in [-0.25, -0.2) is 0 Å². The van der Waals surface area contributed by atoms with E-state index in [1.807, 2.05) is 43.3 Å². The summed E-state index contributed by atoms with van der Waals surface area (Å²) >= 11 is 5.94. The van der Waals surface area contributed by atoms with E-state index in [0.717, 1.165) is 49.7 Å². The van der Waals surface area contributed by atoms with Gasteiger partial charge in [0, 0.05) is 42.9 Å². The van der Waals surface area contributed by atoms with Crippen LogP contribution in [0, 0.1) is 6.92 Å².